The molecule has 4 nitrogen and oxygen atoms in total. The molecule has 104 valence electrons. The maximum absolute atomic E-state index is 9.67. The van der Waals surface area contributed by atoms with Crippen LogP contribution in [0, 0.1) is 11.3 Å². The molecule has 1 aromatic heterocycles. The molecular weight excluding hydrogens is 250 g/mol. The first-order chi connectivity index (χ1) is 9.73. The Morgan fingerprint density at radius 3 is 2.85 bits per heavy atom. The van der Waals surface area contributed by atoms with Crippen LogP contribution in [0.2, 0.25) is 0 Å². The van der Waals surface area contributed by atoms with Gasteiger partial charge in [-0.2, -0.15) is 5.26 Å². The first-order valence-electron chi connectivity index (χ1n) is 7.02. The van der Waals surface area contributed by atoms with Crippen molar-refractivity contribution < 1.29 is 4.74 Å². The third-order valence-electron chi connectivity index (χ3n) is 4.16. The Bertz CT molecular complexity index is 636. The third kappa shape index (κ3) is 2.31. The van der Waals surface area contributed by atoms with Gasteiger partial charge < -0.3 is 9.72 Å². The van der Waals surface area contributed by atoms with Crippen molar-refractivity contribution in [3.05, 3.63) is 36.0 Å². The number of nitriles is 1. The summed E-state index contributed by atoms with van der Waals surface area (Å²) in [6.45, 7) is 5.11. The van der Waals surface area contributed by atoms with Crippen LogP contribution in [0.4, 0.5) is 0 Å². The molecule has 0 bridgehead atoms. The lowest BCUT2D eigenvalue weighted by Gasteiger charge is -2.38. The molecule has 0 amide bonds. The van der Waals surface area contributed by atoms with Gasteiger partial charge in [0.05, 0.1) is 19.3 Å². The summed E-state index contributed by atoms with van der Waals surface area (Å²) in [4.78, 5) is 5.52. The number of rotatable bonds is 3. The fourth-order valence-corrected chi connectivity index (χ4v) is 2.93. The van der Waals surface area contributed by atoms with E-state index in [9.17, 15) is 5.26 Å². The highest BCUT2D eigenvalue weighted by Crippen LogP contribution is 2.26. The highest BCUT2D eigenvalue weighted by atomic mass is 16.5. The number of para-hydroxylation sites is 1. The molecule has 0 aliphatic carbocycles. The number of fused-ring (bicyclic) bond motifs is 1. The van der Waals surface area contributed by atoms with E-state index in [1.54, 1.807) is 0 Å². The summed E-state index contributed by atoms with van der Waals surface area (Å²) in [7, 11) is 0. The van der Waals surface area contributed by atoms with E-state index < -0.39 is 5.54 Å². The monoisotopic (exact) mass is 269 g/mol. The van der Waals surface area contributed by atoms with Gasteiger partial charge in [0.25, 0.3) is 0 Å². The Hall–Kier alpha value is -1.83. The summed E-state index contributed by atoms with van der Waals surface area (Å²) >= 11 is 0. The van der Waals surface area contributed by atoms with Gasteiger partial charge >= 0.3 is 0 Å². The molecule has 1 N–H and O–H groups in total. The molecule has 0 saturated carbocycles. The minimum Gasteiger partial charge on any atom is -0.379 e. The molecule has 3 rings (SSSR count). The van der Waals surface area contributed by atoms with E-state index in [1.165, 1.54) is 10.9 Å². The van der Waals surface area contributed by atoms with Gasteiger partial charge in [-0.15, -0.1) is 0 Å². The normalized spacial score (nSPS) is 19.6. The fourth-order valence-electron chi connectivity index (χ4n) is 2.93. The number of nitrogens with zero attached hydrogens (tertiary/aromatic N) is 2. The molecule has 20 heavy (non-hydrogen) atoms. The molecule has 1 saturated heterocycles. The number of benzene rings is 1. The summed E-state index contributed by atoms with van der Waals surface area (Å²) in [5.41, 5.74) is 1.86. The molecule has 2 heterocycles. The van der Waals surface area contributed by atoms with E-state index in [0.29, 0.717) is 13.2 Å². The Balaban J connectivity index is 1.89. The molecule has 0 radical (unpaired) electrons. The quantitative estimate of drug-likeness (QED) is 0.930. The van der Waals surface area contributed by atoms with Gasteiger partial charge in [0.2, 0.25) is 0 Å². The van der Waals surface area contributed by atoms with Crippen molar-refractivity contribution in [2.24, 2.45) is 0 Å². The fraction of sp³-hybridized carbons (Fsp3) is 0.438. The van der Waals surface area contributed by atoms with Gasteiger partial charge in [0, 0.05) is 36.6 Å². The smallest absolute Gasteiger partial charge is 0.110 e. The van der Waals surface area contributed by atoms with E-state index in [-0.39, 0.29) is 0 Å². The van der Waals surface area contributed by atoms with Crippen molar-refractivity contribution in [3.8, 4) is 6.07 Å². The molecule has 0 spiro atoms. The van der Waals surface area contributed by atoms with E-state index in [0.717, 1.165) is 25.0 Å². The number of hydrogen-bond donors (Lipinski definition) is 1. The summed E-state index contributed by atoms with van der Waals surface area (Å²) < 4.78 is 5.39. The highest BCUT2D eigenvalue weighted by Gasteiger charge is 2.33. The lowest BCUT2D eigenvalue weighted by atomic mass is 9.91. The summed E-state index contributed by atoms with van der Waals surface area (Å²) in [5.74, 6) is 0. The zero-order chi connectivity index (χ0) is 14.0. The molecule has 4 heteroatoms. The maximum Gasteiger partial charge on any atom is 0.110 e. The molecule has 1 atom stereocenters. The summed E-state index contributed by atoms with van der Waals surface area (Å²) in [6, 6.07) is 10.7. The predicted octanol–water partition coefficient (Wildman–Crippen LogP) is 2.32. The number of H-pyrrole nitrogens is 1. The van der Waals surface area contributed by atoms with Crippen molar-refractivity contribution >= 4 is 10.9 Å². The van der Waals surface area contributed by atoms with Gasteiger partial charge in [0.1, 0.15) is 5.54 Å². The van der Waals surface area contributed by atoms with Crippen LogP contribution in [0.5, 0.6) is 0 Å². The molecular formula is C16H19N3O. The lowest BCUT2D eigenvalue weighted by Crippen LogP contribution is -2.52. The van der Waals surface area contributed by atoms with Gasteiger partial charge in [-0.25, -0.2) is 0 Å². The average Bonchev–Trinajstić information content (AvgIpc) is 2.91. The second-order valence-electron chi connectivity index (χ2n) is 5.52. The molecule has 1 aliphatic rings. The highest BCUT2D eigenvalue weighted by molar-refractivity contribution is 5.83. The predicted molar refractivity (Wildman–Crippen MR) is 78.4 cm³/mol. The standard InChI is InChI=1S/C16H19N3O/c1-16(12-17,19-6-8-20-9-7-19)10-13-11-18-15-5-3-2-4-14(13)15/h2-5,11,18H,6-10H2,1H3. The van der Waals surface area contributed by atoms with Crippen LogP contribution in [0.1, 0.15) is 12.5 Å². The van der Waals surface area contributed by atoms with Crippen molar-refractivity contribution in [1.82, 2.24) is 9.88 Å². The van der Waals surface area contributed by atoms with Gasteiger partial charge in [-0.05, 0) is 18.6 Å². The first kappa shape index (κ1) is 13.2. The third-order valence-corrected chi connectivity index (χ3v) is 4.16. The van der Waals surface area contributed by atoms with E-state index >= 15 is 0 Å². The number of nitrogens with one attached hydrogen (secondary N) is 1. The number of hydrogen-bond acceptors (Lipinski definition) is 3. The SMILES string of the molecule is CC(C#N)(Cc1c[nH]c2ccccc12)N1CCOCC1. The zero-order valence-corrected chi connectivity index (χ0v) is 11.7. The topological polar surface area (TPSA) is 52.0 Å². The molecule has 1 fully saturated rings. The van der Waals surface area contributed by atoms with Gasteiger partial charge in [0.15, 0.2) is 0 Å². The Labute approximate surface area is 119 Å². The average molecular weight is 269 g/mol. The summed E-state index contributed by atoms with van der Waals surface area (Å²) in [5, 5.41) is 10.9. The molecule has 1 unspecified atom stereocenters. The van der Waals surface area contributed by atoms with Crippen LogP contribution < -0.4 is 0 Å². The van der Waals surface area contributed by atoms with Crippen LogP contribution in [0.3, 0.4) is 0 Å². The van der Waals surface area contributed by atoms with E-state index in [1.807, 2.05) is 25.3 Å². The van der Waals surface area contributed by atoms with Crippen LogP contribution >= 0.6 is 0 Å². The largest absolute Gasteiger partial charge is 0.379 e. The van der Waals surface area contributed by atoms with Crippen LogP contribution in [-0.2, 0) is 11.2 Å². The van der Waals surface area contributed by atoms with Gasteiger partial charge in [-0.3, -0.25) is 4.90 Å². The number of aromatic amines is 1. The van der Waals surface area contributed by atoms with Crippen LogP contribution in [-0.4, -0.2) is 41.7 Å². The van der Waals surface area contributed by atoms with E-state index in [4.69, 9.17) is 4.74 Å². The van der Waals surface area contributed by atoms with Crippen molar-refractivity contribution in [3.63, 3.8) is 0 Å². The second kappa shape index (κ2) is 5.28. The zero-order valence-electron chi connectivity index (χ0n) is 11.7. The maximum atomic E-state index is 9.67. The Kier molecular flexibility index (Phi) is 3.47. The summed E-state index contributed by atoms with van der Waals surface area (Å²) in [6.07, 6.45) is 2.76. The number of morpholine rings is 1. The van der Waals surface area contributed by atoms with Crippen molar-refractivity contribution in [2.75, 3.05) is 26.3 Å². The van der Waals surface area contributed by atoms with E-state index in [2.05, 4.69) is 28.1 Å². The first-order valence-corrected chi connectivity index (χ1v) is 7.02. The van der Waals surface area contributed by atoms with Crippen LogP contribution in [0.15, 0.2) is 30.5 Å². The molecule has 1 aliphatic heterocycles. The molecule has 2 aromatic rings. The lowest BCUT2D eigenvalue weighted by molar-refractivity contribution is 0.00197. The number of aromatic nitrogens is 1. The van der Waals surface area contributed by atoms with Gasteiger partial charge in [-0.1, -0.05) is 18.2 Å². The van der Waals surface area contributed by atoms with Crippen molar-refractivity contribution in [1.29, 1.82) is 5.26 Å². The van der Waals surface area contributed by atoms with Crippen LogP contribution in [0.25, 0.3) is 10.9 Å². The minimum atomic E-state index is -0.477. The molecule has 1 aromatic carbocycles. The Morgan fingerprint density at radius 2 is 2.10 bits per heavy atom. The Morgan fingerprint density at radius 1 is 1.35 bits per heavy atom. The van der Waals surface area contributed by atoms with Crippen molar-refractivity contribution in [2.45, 2.75) is 18.9 Å². The minimum absolute atomic E-state index is 0.477. The second-order valence-corrected chi connectivity index (χ2v) is 5.52. The number of ether oxygens (including phenoxy) is 1.